The molecule has 0 aromatic heterocycles. The van der Waals surface area contributed by atoms with Crippen molar-refractivity contribution >= 4 is 0 Å². The van der Waals surface area contributed by atoms with Crippen LogP contribution in [0, 0.1) is 0 Å². The van der Waals surface area contributed by atoms with Gasteiger partial charge in [0.1, 0.15) is 5.75 Å². The molecule has 3 aromatic carbocycles. The quantitative estimate of drug-likeness (QED) is 0.668. The van der Waals surface area contributed by atoms with E-state index >= 15 is 0 Å². The van der Waals surface area contributed by atoms with Crippen LogP contribution in [0.2, 0.25) is 0 Å². The predicted molar refractivity (Wildman–Crippen MR) is 94.7 cm³/mol. The summed E-state index contributed by atoms with van der Waals surface area (Å²) in [5.41, 5.74) is 3.46. The Morgan fingerprint density at radius 3 is 2.25 bits per heavy atom. The second-order valence-electron chi connectivity index (χ2n) is 6.10. The molecule has 0 radical (unpaired) electrons. The SMILES string of the molecule is c1ccc(COC2(c3ccccc3)CCc3ccccc3O2)cc1. The molecule has 24 heavy (non-hydrogen) atoms. The maximum absolute atomic E-state index is 6.41. The van der Waals surface area contributed by atoms with E-state index in [9.17, 15) is 0 Å². The summed E-state index contributed by atoms with van der Waals surface area (Å²) in [5, 5.41) is 0. The van der Waals surface area contributed by atoms with Crippen molar-refractivity contribution < 1.29 is 9.47 Å². The molecule has 4 rings (SSSR count). The van der Waals surface area contributed by atoms with Crippen molar-refractivity contribution in [1.29, 1.82) is 0 Å². The Hall–Kier alpha value is -2.58. The fourth-order valence-electron chi connectivity index (χ4n) is 3.19. The molecular formula is C22H20O2. The lowest BCUT2D eigenvalue weighted by Gasteiger charge is -2.38. The maximum Gasteiger partial charge on any atom is 0.237 e. The van der Waals surface area contributed by atoms with Crippen LogP contribution in [0.4, 0.5) is 0 Å². The van der Waals surface area contributed by atoms with Crippen LogP contribution in [-0.2, 0) is 23.6 Å². The third-order valence-electron chi connectivity index (χ3n) is 4.50. The van der Waals surface area contributed by atoms with E-state index in [2.05, 4.69) is 36.4 Å². The van der Waals surface area contributed by atoms with E-state index in [1.807, 2.05) is 48.5 Å². The largest absolute Gasteiger partial charge is 0.458 e. The Balaban J connectivity index is 1.66. The predicted octanol–water partition coefficient (Wildman–Crippen LogP) is 5.08. The van der Waals surface area contributed by atoms with Gasteiger partial charge in [0.25, 0.3) is 0 Å². The topological polar surface area (TPSA) is 18.5 Å². The van der Waals surface area contributed by atoms with Crippen LogP contribution in [0.1, 0.15) is 23.1 Å². The molecule has 2 nitrogen and oxygen atoms in total. The van der Waals surface area contributed by atoms with Crippen molar-refractivity contribution in [2.45, 2.75) is 25.2 Å². The minimum Gasteiger partial charge on any atom is -0.458 e. The summed E-state index contributed by atoms with van der Waals surface area (Å²) in [6.07, 6.45) is 1.75. The molecule has 0 saturated carbocycles. The molecule has 0 bridgehead atoms. The van der Waals surface area contributed by atoms with Crippen LogP contribution in [-0.4, -0.2) is 0 Å². The Labute approximate surface area is 142 Å². The van der Waals surface area contributed by atoms with Gasteiger partial charge in [0.15, 0.2) is 0 Å². The van der Waals surface area contributed by atoms with Crippen molar-refractivity contribution in [2.24, 2.45) is 0 Å². The molecule has 3 aromatic rings. The van der Waals surface area contributed by atoms with E-state index in [1.165, 1.54) is 5.56 Å². The molecule has 2 heteroatoms. The van der Waals surface area contributed by atoms with Crippen molar-refractivity contribution in [2.75, 3.05) is 0 Å². The molecule has 0 amide bonds. The Bertz CT molecular complexity index is 798. The molecule has 1 atom stereocenters. The van der Waals surface area contributed by atoms with Crippen LogP contribution in [0.25, 0.3) is 0 Å². The number of aryl methyl sites for hydroxylation is 1. The molecule has 0 saturated heterocycles. The molecule has 0 fully saturated rings. The van der Waals surface area contributed by atoms with Gasteiger partial charge in [-0.15, -0.1) is 0 Å². The van der Waals surface area contributed by atoms with Crippen molar-refractivity contribution in [3.05, 3.63) is 102 Å². The minimum absolute atomic E-state index is 0.526. The summed E-state index contributed by atoms with van der Waals surface area (Å²) in [4.78, 5) is 0. The molecule has 0 spiro atoms. The van der Waals surface area contributed by atoms with Crippen LogP contribution < -0.4 is 4.74 Å². The normalized spacial score (nSPS) is 19.3. The average molecular weight is 316 g/mol. The fourth-order valence-corrected chi connectivity index (χ4v) is 3.19. The van der Waals surface area contributed by atoms with Gasteiger partial charge in [-0.2, -0.15) is 0 Å². The number of rotatable bonds is 4. The van der Waals surface area contributed by atoms with Gasteiger partial charge in [0.2, 0.25) is 5.79 Å². The number of ether oxygens (including phenoxy) is 2. The van der Waals surface area contributed by atoms with Gasteiger partial charge in [-0.25, -0.2) is 0 Å². The summed E-state index contributed by atoms with van der Waals surface area (Å²) in [5.74, 6) is 0.187. The molecule has 0 aliphatic carbocycles. The van der Waals surface area contributed by atoms with Gasteiger partial charge in [0, 0.05) is 12.0 Å². The molecule has 1 aliphatic rings. The van der Waals surface area contributed by atoms with E-state index in [0.717, 1.165) is 29.7 Å². The lowest BCUT2D eigenvalue weighted by molar-refractivity contribution is -0.210. The first-order valence-electron chi connectivity index (χ1n) is 8.36. The summed E-state index contributed by atoms with van der Waals surface area (Å²) >= 11 is 0. The highest BCUT2D eigenvalue weighted by molar-refractivity contribution is 5.37. The van der Waals surface area contributed by atoms with E-state index in [0.29, 0.717) is 6.61 Å². The Morgan fingerprint density at radius 2 is 1.46 bits per heavy atom. The van der Waals surface area contributed by atoms with E-state index in [4.69, 9.17) is 9.47 Å². The highest BCUT2D eigenvalue weighted by Gasteiger charge is 2.39. The smallest absolute Gasteiger partial charge is 0.237 e. The van der Waals surface area contributed by atoms with Crippen LogP contribution in [0.15, 0.2) is 84.9 Å². The third-order valence-corrected chi connectivity index (χ3v) is 4.50. The summed E-state index contributed by atoms with van der Waals surface area (Å²) in [6, 6.07) is 28.7. The van der Waals surface area contributed by atoms with Crippen molar-refractivity contribution in [3.8, 4) is 5.75 Å². The zero-order valence-corrected chi connectivity index (χ0v) is 13.5. The Morgan fingerprint density at radius 1 is 0.792 bits per heavy atom. The van der Waals surface area contributed by atoms with Gasteiger partial charge in [-0.3, -0.25) is 0 Å². The molecule has 120 valence electrons. The molecule has 1 heterocycles. The molecule has 1 aliphatic heterocycles. The lowest BCUT2D eigenvalue weighted by Crippen LogP contribution is -2.39. The molecule has 1 unspecified atom stereocenters. The highest BCUT2D eigenvalue weighted by Crippen LogP contribution is 2.40. The van der Waals surface area contributed by atoms with E-state index < -0.39 is 5.79 Å². The van der Waals surface area contributed by atoms with Gasteiger partial charge in [0.05, 0.1) is 6.61 Å². The van der Waals surface area contributed by atoms with Gasteiger partial charge in [-0.1, -0.05) is 78.9 Å². The minimum atomic E-state index is -0.731. The maximum atomic E-state index is 6.41. The first kappa shape index (κ1) is 15.0. The van der Waals surface area contributed by atoms with Crippen molar-refractivity contribution in [3.63, 3.8) is 0 Å². The number of fused-ring (bicyclic) bond motifs is 1. The third kappa shape index (κ3) is 2.93. The summed E-state index contributed by atoms with van der Waals surface area (Å²) in [6.45, 7) is 0.526. The summed E-state index contributed by atoms with van der Waals surface area (Å²) < 4.78 is 12.8. The molecular weight excluding hydrogens is 296 g/mol. The number of benzene rings is 3. The van der Waals surface area contributed by atoms with Gasteiger partial charge >= 0.3 is 0 Å². The first-order chi connectivity index (χ1) is 11.9. The van der Waals surface area contributed by atoms with E-state index in [-0.39, 0.29) is 0 Å². The van der Waals surface area contributed by atoms with Crippen LogP contribution >= 0.6 is 0 Å². The highest BCUT2D eigenvalue weighted by atomic mass is 16.7. The second-order valence-corrected chi connectivity index (χ2v) is 6.10. The zero-order chi connectivity index (χ0) is 16.2. The number of para-hydroxylation sites is 1. The van der Waals surface area contributed by atoms with Crippen LogP contribution in [0.5, 0.6) is 5.75 Å². The van der Waals surface area contributed by atoms with Gasteiger partial charge in [-0.05, 0) is 23.6 Å². The average Bonchev–Trinajstić information content (AvgIpc) is 2.68. The van der Waals surface area contributed by atoms with Crippen LogP contribution in [0.3, 0.4) is 0 Å². The first-order valence-corrected chi connectivity index (χ1v) is 8.36. The standard InChI is InChI=1S/C22H20O2/c1-3-9-18(10-4-1)17-23-22(20-12-5-2-6-13-20)16-15-19-11-7-8-14-21(19)24-22/h1-14H,15-17H2. The second kappa shape index (κ2) is 6.50. The van der Waals surface area contributed by atoms with E-state index in [1.54, 1.807) is 0 Å². The lowest BCUT2D eigenvalue weighted by atomic mass is 9.94. The zero-order valence-electron chi connectivity index (χ0n) is 13.5. The monoisotopic (exact) mass is 316 g/mol. The summed E-state index contributed by atoms with van der Waals surface area (Å²) in [7, 11) is 0. The molecule has 0 N–H and O–H groups in total. The number of hydrogen-bond donors (Lipinski definition) is 0. The van der Waals surface area contributed by atoms with Gasteiger partial charge < -0.3 is 9.47 Å². The number of hydrogen-bond acceptors (Lipinski definition) is 2. The Kier molecular flexibility index (Phi) is 4.06. The van der Waals surface area contributed by atoms with Crippen molar-refractivity contribution in [1.82, 2.24) is 0 Å². The fraction of sp³-hybridized carbons (Fsp3) is 0.182.